The number of likely N-dealkylation sites (N-methyl/N-ethyl adjacent to an activating group) is 1. The number of allylic oxidation sites excluding steroid dienone is 1. The van der Waals surface area contributed by atoms with Crippen LogP contribution in [0.15, 0.2) is 42.4 Å². The van der Waals surface area contributed by atoms with E-state index in [1.165, 1.54) is 37.9 Å². The molecule has 29 heteroatoms. The lowest BCUT2D eigenvalue weighted by atomic mass is 10.1. The highest BCUT2D eigenvalue weighted by atomic mass is 31.2. The Morgan fingerprint density at radius 1 is 1.03 bits per heavy atom. The van der Waals surface area contributed by atoms with E-state index in [4.69, 9.17) is 39.5 Å². The number of anilines is 2. The minimum Gasteiger partial charge on any atom is -0.455 e. The van der Waals surface area contributed by atoms with E-state index in [0.29, 0.717) is 0 Å². The van der Waals surface area contributed by atoms with Gasteiger partial charge in [0.25, 0.3) is 0 Å². The van der Waals surface area contributed by atoms with E-state index in [-0.39, 0.29) is 42.2 Å². The second-order valence-corrected chi connectivity index (χ2v) is 17.1. The van der Waals surface area contributed by atoms with Crippen molar-refractivity contribution < 1.29 is 81.2 Å². The first-order valence-corrected chi connectivity index (χ1v) is 21.2. The fourth-order valence-corrected chi connectivity index (χ4v) is 7.49. The number of aromatic nitrogens is 6. The van der Waals surface area contributed by atoms with Crippen molar-refractivity contribution in [2.24, 2.45) is 0 Å². The number of aliphatic hydroxyl groups is 3. The number of ether oxygens (including phenoxy) is 4. The zero-order valence-corrected chi connectivity index (χ0v) is 34.6. The summed E-state index contributed by atoms with van der Waals surface area (Å²) >= 11 is 0. The first kappa shape index (κ1) is 47.7. The van der Waals surface area contributed by atoms with Gasteiger partial charge in [-0.2, -0.15) is 4.98 Å². The summed E-state index contributed by atoms with van der Waals surface area (Å²) in [6.07, 6.45) is -9.02. The molecule has 2 aliphatic rings. The number of nitrogens with zero attached hydrogens (tertiary/aromatic N) is 7. The second kappa shape index (κ2) is 19.4. The number of phosphoric acid groups is 2. The summed E-state index contributed by atoms with van der Waals surface area (Å²) in [6.45, 7) is 3.71. The topological polar surface area (TPSA) is 388 Å². The van der Waals surface area contributed by atoms with E-state index in [9.17, 15) is 53.5 Å². The molecular weight excluding hydrogens is 860 g/mol. The Kier molecular flexibility index (Phi) is 15.2. The average Bonchev–Trinajstić information content (AvgIpc) is 3.83. The van der Waals surface area contributed by atoms with Gasteiger partial charge in [-0.15, -0.1) is 6.58 Å². The molecule has 2 aliphatic heterocycles. The zero-order valence-electron chi connectivity index (χ0n) is 32.8. The number of imidazole rings is 1. The molecule has 1 amide bonds. The number of carbonyl (C=O) groups excluding carboxylic acids is 2. The van der Waals surface area contributed by atoms with Crippen molar-refractivity contribution in [3.05, 3.63) is 48.1 Å². The fraction of sp³-hybridized carbons (Fsp3) is 0.594. The Balaban J connectivity index is 1.41. The SMILES string of the molecule is C=CCCC(=O)N(C)[C@@H](COCC(C)(C)O)C(=O)O[C@H]1[C@@H](O)[C@H](n2cnc3c(N)ncnc32)O[C@@H]1COP(=O)(O)O[C@H]1[C@@H](O)[C@H](n2ccc(N)nc2=O)O[C@@H]1COP(=O)(O)O. The summed E-state index contributed by atoms with van der Waals surface area (Å²) in [5, 5.41) is 33.0. The summed E-state index contributed by atoms with van der Waals surface area (Å²) in [5.41, 5.74) is 9.27. The summed E-state index contributed by atoms with van der Waals surface area (Å²) in [4.78, 5) is 85.7. The number of carbonyl (C=O) groups is 2. The van der Waals surface area contributed by atoms with Crippen molar-refractivity contribution in [2.75, 3.05) is 44.9 Å². The van der Waals surface area contributed by atoms with Crippen LogP contribution in [0.1, 0.15) is 39.1 Å². The Labute approximate surface area is 345 Å². The van der Waals surface area contributed by atoms with Crippen LogP contribution in [0.4, 0.5) is 11.6 Å². The van der Waals surface area contributed by atoms with E-state index >= 15 is 0 Å². The van der Waals surface area contributed by atoms with Crippen molar-refractivity contribution in [3.63, 3.8) is 0 Å². The molecule has 0 saturated carbocycles. The Morgan fingerprint density at radius 3 is 2.31 bits per heavy atom. The third-order valence-corrected chi connectivity index (χ3v) is 10.6. The van der Waals surface area contributed by atoms with Gasteiger partial charge in [0.05, 0.1) is 38.4 Å². The lowest BCUT2D eigenvalue weighted by Crippen LogP contribution is -2.49. The van der Waals surface area contributed by atoms with E-state index in [0.717, 1.165) is 28.1 Å². The smallest absolute Gasteiger partial charge is 0.455 e. The maximum atomic E-state index is 13.9. The quantitative estimate of drug-likeness (QED) is 0.0341. The molecule has 5 heterocycles. The van der Waals surface area contributed by atoms with Gasteiger partial charge in [-0.05, 0) is 26.3 Å². The van der Waals surface area contributed by atoms with Crippen LogP contribution in [-0.4, -0.2) is 158 Å². The van der Waals surface area contributed by atoms with Crippen LogP contribution in [0.25, 0.3) is 11.2 Å². The van der Waals surface area contributed by atoms with E-state index in [2.05, 4.69) is 31.0 Å². The normalized spacial score (nSPS) is 25.9. The second-order valence-electron chi connectivity index (χ2n) is 14.4. The van der Waals surface area contributed by atoms with Crippen LogP contribution in [0, 0.1) is 0 Å². The van der Waals surface area contributed by atoms with Gasteiger partial charge in [-0.25, -0.2) is 33.7 Å². The summed E-state index contributed by atoms with van der Waals surface area (Å²) in [7, 11) is -9.32. The minimum atomic E-state index is -5.44. The Morgan fingerprint density at radius 2 is 1.67 bits per heavy atom. The molecule has 5 rings (SSSR count). The van der Waals surface area contributed by atoms with Crippen molar-refractivity contribution in [1.82, 2.24) is 34.0 Å². The minimum absolute atomic E-state index is 0.0297. The molecule has 0 aromatic carbocycles. The predicted octanol–water partition coefficient (Wildman–Crippen LogP) is -2.13. The third-order valence-electron chi connectivity index (χ3n) is 9.15. The lowest BCUT2D eigenvalue weighted by molar-refractivity contribution is -0.168. The molecule has 0 aliphatic carbocycles. The molecule has 1 unspecified atom stereocenters. The number of nitrogen functional groups attached to an aromatic ring is 2. The fourth-order valence-electron chi connectivity index (χ4n) is 6.19. The maximum absolute atomic E-state index is 13.9. The number of rotatable bonds is 20. The molecule has 61 heavy (non-hydrogen) atoms. The molecule has 338 valence electrons. The molecule has 0 spiro atoms. The van der Waals surface area contributed by atoms with E-state index in [1.807, 2.05) is 0 Å². The molecule has 10 atom stereocenters. The summed E-state index contributed by atoms with van der Waals surface area (Å²) in [6, 6.07) is -0.299. The summed E-state index contributed by atoms with van der Waals surface area (Å²) in [5.74, 6) is -1.87. The van der Waals surface area contributed by atoms with Crippen LogP contribution in [0.2, 0.25) is 0 Å². The average molecular weight is 908 g/mol. The van der Waals surface area contributed by atoms with Gasteiger partial charge in [0.1, 0.15) is 48.2 Å². The van der Waals surface area contributed by atoms with Crippen LogP contribution in [-0.2, 0) is 51.2 Å². The van der Waals surface area contributed by atoms with Gasteiger partial charge < -0.3 is 65.3 Å². The number of aliphatic hydroxyl groups excluding tert-OH is 2. The number of amides is 1. The molecule has 27 nitrogen and oxygen atoms in total. The van der Waals surface area contributed by atoms with E-state index < -0.39 is 114 Å². The highest BCUT2D eigenvalue weighted by Gasteiger charge is 2.52. The van der Waals surface area contributed by atoms with Gasteiger partial charge in [-0.3, -0.25) is 27.5 Å². The van der Waals surface area contributed by atoms with Gasteiger partial charge in [0, 0.05) is 19.7 Å². The Bertz CT molecular complexity index is 2200. The van der Waals surface area contributed by atoms with Gasteiger partial charge in [0.2, 0.25) is 5.91 Å². The predicted molar refractivity (Wildman–Crippen MR) is 204 cm³/mol. The first-order valence-electron chi connectivity index (χ1n) is 18.2. The standard InChI is InChI=1S/C32H47N9O18P2/c1-5-6-7-20(42)39(4)16(10-53-13-32(2,3)47)30(45)58-24-17(56-29(22(24)43)41-15-37-21-26(34)35-14-36-27(21)41)12-55-61(51,52)59-25-18(11-54-60(48,49)50)57-28(23(25)44)40-9-8-19(33)38-31(40)46/h5,8-9,14-18,22-25,28-29,43-44,47H,1,6-7,10-13H2,2-4H3,(H,51,52)(H2,33,38,46)(H2,34,35,36)(H2,48,49,50)/t16-,17+,18+,22+,23+,24+,25+,28+,29+/m0/s1. The molecule has 10 N–H and O–H groups in total. The van der Waals surface area contributed by atoms with Gasteiger partial charge in [0.15, 0.2) is 36.1 Å². The monoisotopic (exact) mass is 907 g/mol. The van der Waals surface area contributed by atoms with Crippen LogP contribution < -0.4 is 17.2 Å². The number of nitrogens with two attached hydrogens (primary N) is 2. The largest absolute Gasteiger partial charge is 0.472 e. The molecule has 3 aromatic heterocycles. The molecular formula is C32H47N9O18P2. The van der Waals surface area contributed by atoms with Crippen molar-refractivity contribution in [3.8, 4) is 0 Å². The zero-order chi connectivity index (χ0) is 45.0. The van der Waals surface area contributed by atoms with Crippen LogP contribution >= 0.6 is 15.6 Å². The number of phosphoric ester groups is 2. The van der Waals surface area contributed by atoms with Crippen molar-refractivity contribution >= 4 is 50.3 Å². The Hall–Kier alpha value is -4.31. The van der Waals surface area contributed by atoms with Crippen LogP contribution in [0.3, 0.4) is 0 Å². The molecule has 2 fully saturated rings. The number of fused-ring (bicyclic) bond motifs is 1. The van der Waals surface area contributed by atoms with Crippen molar-refractivity contribution in [2.45, 2.75) is 87.4 Å². The third kappa shape index (κ3) is 12.0. The van der Waals surface area contributed by atoms with Gasteiger partial charge >= 0.3 is 27.3 Å². The molecule has 2 saturated heterocycles. The molecule has 0 radical (unpaired) electrons. The molecule has 0 bridgehead atoms. The summed E-state index contributed by atoms with van der Waals surface area (Å²) < 4.78 is 64.9. The number of esters is 1. The lowest BCUT2D eigenvalue weighted by Gasteiger charge is -2.30. The van der Waals surface area contributed by atoms with Crippen molar-refractivity contribution in [1.29, 1.82) is 0 Å². The number of hydrogen-bond donors (Lipinski definition) is 8. The van der Waals surface area contributed by atoms with Crippen LogP contribution in [0.5, 0.6) is 0 Å². The first-order chi connectivity index (χ1) is 28.5. The molecule has 3 aromatic rings. The highest BCUT2D eigenvalue weighted by Crippen LogP contribution is 2.50. The van der Waals surface area contributed by atoms with Gasteiger partial charge in [-0.1, -0.05) is 6.08 Å². The highest BCUT2D eigenvalue weighted by molar-refractivity contribution is 7.47. The maximum Gasteiger partial charge on any atom is 0.472 e. The number of hydrogen-bond acceptors (Lipinski definition) is 21. The van der Waals surface area contributed by atoms with E-state index in [1.54, 1.807) is 0 Å².